The molecule has 11 rings (SSSR count). The number of nitrogens with zero attached hydrogens (tertiary/aromatic N) is 8. The standard InChI is InChI=1S/C54H22F4N8O6S2/c55-35-11-29-31(13-37(35)57)49(67)47(45(29)27(19-59)20-60)63-43-17-41-51(73-43)33-16-40-34(15-39(33)65(41)53(69)71-23-25-7-3-1-4-8-25)52-42(66(40)54(70)72-24-26-9-5-2-6-10-26)18-44(74-52)64-48-46(28(21-61)22-62)30-12-36(56)38(58)14-32(30)50(48)68/h1-18H,23-24H2. The highest BCUT2D eigenvalue weighted by Crippen LogP contribution is 2.47. The van der Waals surface area contributed by atoms with E-state index in [1.807, 2.05) is 0 Å². The second-order valence-electron chi connectivity index (χ2n) is 16.4. The van der Waals surface area contributed by atoms with Gasteiger partial charge in [0.1, 0.15) is 70.1 Å². The van der Waals surface area contributed by atoms with Crippen LogP contribution in [0.4, 0.5) is 37.2 Å². The fourth-order valence-corrected chi connectivity index (χ4v) is 11.0. The zero-order chi connectivity index (χ0) is 51.7. The van der Waals surface area contributed by atoms with E-state index in [0.29, 0.717) is 55.6 Å². The van der Waals surface area contributed by atoms with Crippen molar-refractivity contribution < 1.29 is 46.2 Å². The third-order valence-electron chi connectivity index (χ3n) is 12.2. The normalized spacial score (nSPS) is 13.9. The zero-order valence-corrected chi connectivity index (χ0v) is 38.8. The number of hydrogen-bond donors (Lipinski definition) is 0. The van der Waals surface area contributed by atoms with Crippen LogP contribution in [-0.4, -0.2) is 44.3 Å². The minimum atomic E-state index is -1.34. The summed E-state index contributed by atoms with van der Waals surface area (Å²) in [5, 5.41) is 40.4. The smallest absolute Gasteiger partial charge is 0.419 e. The van der Waals surface area contributed by atoms with Gasteiger partial charge in [-0.25, -0.2) is 46.3 Å². The Morgan fingerprint density at radius 3 is 1.20 bits per heavy atom. The van der Waals surface area contributed by atoms with Crippen molar-refractivity contribution in [2.24, 2.45) is 9.98 Å². The van der Waals surface area contributed by atoms with Gasteiger partial charge in [-0.1, -0.05) is 60.7 Å². The molecule has 0 saturated carbocycles. The number of thiophene rings is 2. The Bertz CT molecular complexity index is 4070. The minimum absolute atomic E-state index is 0.0623. The number of carbonyl (C=O) groups excluding carboxylic acids is 4. The third-order valence-corrected chi connectivity index (χ3v) is 14.3. The number of ketones is 2. The van der Waals surface area contributed by atoms with E-state index in [9.17, 15) is 57.8 Å². The highest BCUT2D eigenvalue weighted by molar-refractivity contribution is 7.24. The second kappa shape index (κ2) is 17.9. The molecular weight excluding hydrogens is 997 g/mol. The van der Waals surface area contributed by atoms with Gasteiger partial charge < -0.3 is 9.47 Å². The van der Waals surface area contributed by atoms with E-state index in [0.717, 1.165) is 22.7 Å². The number of nitriles is 4. The third kappa shape index (κ3) is 7.41. The molecule has 0 aliphatic heterocycles. The fourth-order valence-electron chi connectivity index (χ4n) is 8.93. The van der Waals surface area contributed by atoms with Crippen molar-refractivity contribution in [3.8, 4) is 24.3 Å². The Hall–Kier alpha value is -10.1. The zero-order valence-electron chi connectivity index (χ0n) is 37.2. The van der Waals surface area contributed by atoms with Gasteiger partial charge in [-0.15, -0.1) is 22.7 Å². The number of carbonyl (C=O) groups is 4. The van der Waals surface area contributed by atoms with E-state index in [-0.39, 0.29) is 78.7 Å². The minimum Gasteiger partial charge on any atom is -0.444 e. The Morgan fingerprint density at radius 2 is 0.851 bits per heavy atom. The average Bonchev–Trinajstić information content (AvgIpc) is 4.24. The van der Waals surface area contributed by atoms with Crippen LogP contribution in [0.5, 0.6) is 0 Å². The van der Waals surface area contributed by atoms with Crippen molar-refractivity contribution in [1.82, 2.24) is 9.13 Å². The van der Waals surface area contributed by atoms with E-state index in [1.165, 1.54) is 21.3 Å². The van der Waals surface area contributed by atoms with Gasteiger partial charge in [0, 0.05) is 44.2 Å². The van der Waals surface area contributed by atoms with E-state index >= 15 is 0 Å². The first-order valence-corrected chi connectivity index (χ1v) is 23.3. The maximum atomic E-state index is 14.6. The van der Waals surface area contributed by atoms with Gasteiger partial charge in [0.25, 0.3) is 0 Å². The van der Waals surface area contributed by atoms with Crippen molar-refractivity contribution in [2.75, 3.05) is 0 Å². The molecule has 354 valence electrons. The number of rotatable bonds is 6. The van der Waals surface area contributed by atoms with Gasteiger partial charge in [0.2, 0.25) is 11.6 Å². The first-order valence-electron chi connectivity index (χ1n) is 21.7. The summed E-state index contributed by atoms with van der Waals surface area (Å²) in [5.41, 5.74) is -1.55. The number of hydrogen-bond acceptors (Lipinski definition) is 14. The molecule has 2 aliphatic carbocycles. The molecule has 9 aromatic rings. The quantitative estimate of drug-likeness (QED) is 0.113. The largest absolute Gasteiger partial charge is 0.444 e. The molecule has 2 aliphatic rings. The predicted octanol–water partition coefficient (Wildman–Crippen LogP) is 12.5. The summed E-state index contributed by atoms with van der Waals surface area (Å²) in [4.78, 5) is 65.7. The van der Waals surface area contributed by atoms with Gasteiger partial charge in [0.05, 0.1) is 31.5 Å². The van der Waals surface area contributed by atoms with Crippen LogP contribution in [0.2, 0.25) is 0 Å². The maximum absolute atomic E-state index is 14.6. The number of allylic oxidation sites excluding steroid dienone is 4. The summed E-state index contributed by atoms with van der Waals surface area (Å²) < 4.78 is 73.1. The Balaban J connectivity index is 1.13. The lowest BCUT2D eigenvalue weighted by Gasteiger charge is -2.09. The van der Waals surface area contributed by atoms with Gasteiger partial charge >= 0.3 is 12.2 Å². The molecule has 5 aromatic carbocycles. The highest BCUT2D eigenvalue weighted by atomic mass is 32.1. The SMILES string of the molecule is N#CC(C#N)=C1C(=Nc2cc3c(s2)c2cc4c(cc2n3C(=O)OCc2ccccc2)c2sc(N=C3C(=O)c5cc(F)c(F)cc5C3=C(C#N)C#N)cc2n4C(=O)OCc2ccccc2)C(=O)c2cc(F)c(F)cc21. The summed E-state index contributed by atoms with van der Waals surface area (Å²) in [7, 11) is 0. The fraction of sp³-hybridized carbons (Fsp3) is 0.0370. The van der Waals surface area contributed by atoms with Crippen LogP contribution in [0.25, 0.3) is 53.4 Å². The molecule has 74 heavy (non-hydrogen) atoms. The van der Waals surface area contributed by atoms with E-state index in [4.69, 9.17) is 9.47 Å². The first-order chi connectivity index (χ1) is 35.8. The molecule has 4 heterocycles. The van der Waals surface area contributed by atoms with Crippen molar-refractivity contribution >= 4 is 121 Å². The molecule has 4 aromatic heterocycles. The molecule has 0 bridgehead atoms. The van der Waals surface area contributed by atoms with Crippen molar-refractivity contribution in [2.45, 2.75) is 13.2 Å². The lowest BCUT2D eigenvalue weighted by molar-refractivity contribution is 0.106. The molecule has 0 saturated heterocycles. The first kappa shape index (κ1) is 46.3. The Morgan fingerprint density at radius 1 is 0.500 bits per heavy atom. The van der Waals surface area contributed by atoms with Crippen LogP contribution in [0.3, 0.4) is 0 Å². The number of halogens is 4. The average molecular weight is 1020 g/mol. The summed E-state index contributed by atoms with van der Waals surface area (Å²) in [5.74, 6) is -7.11. The summed E-state index contributed by atoms with van der Waals surface area (Å²) in [6.45, 7) is -0.330. The van der Waals surface area contributed by atoms with Crippen LogP contribution in [0.15, 0.2) is 130 Å². The van der Waals surface area contributed by atoms with E-state index in [2.05, 4.69) is 9.98 Å². The molecule has 0 atom stereocenters. The number of benzene rings is 5. The Labute approximate surface area is 420 Å². The monoisotopic (exact) mass is 1020 g/mol. The lowest BCUT2D eigenvalue weighted by Crippen LogP contribution is -2.14. The number of aromatic nitrogens is 2. The van der Waals surface area contributed by atoms with Crippen LogP contribution >= 0.6 is 22.7 Å². The predicted molar refractivity (Wildman–Crippen MR) is 264 cm³/mol. The maximum Gasteiger partial charge on any atom is 0.419 e. The van der Waals surface area contributed by atoms with Crippen LogP contribution in [0.1, 0.15) is 43.0 Å². The van der Waals surface area contributed by atoms with Crippen molar-refractivity contribution in [3.05, 3.63) is 177 Å². The van der Waals surface area contributed by atoms with Gasteiger partial charge in [-0.2, -0.15) is 21.0 Å². The van der Waals surface area contributed by atoms with Crippen molar-refractivity contribution in [3.63, 3.8) is 0 Å². The van der Waals surface area contributed by atoms with Crippen LogP contribution < -0.4 is 0 Å². The number of ether oxygens (including phenoxy) is 2. The van der Waals surface area contributed by atoms with Crippen LogP contribution in [0, 0.1) is 68.6 Å². The van der Waals surface area contributed by atoms with E-state index in [1.54, 1.807) is 97.1 Å². The van der Waals surface area contributed by atoms with Gasteiger partial charge in [-0.05, 0) is 59.7 Å². The van der Waals surface area contributed by atoms with Gasteiger partial charge in [-0.3, -0.25) is 9.59 Å². The summed E-state index contributed by atoms with van der Waals surface area (Å²) in [6, 6.07) is 33.3. The second-order valence-corrected chi connectivity index (χ2v) is 18.4. The van der Waals surface area contributed by atoms with Gasteiger partial charge in [0.15, 0.2) is 23.3 Å². The molecule has 0 N–H and O–H groups in total. The van der Waals surface area contributed by atoms with E-state index < -0.39 is 69.6 Å². The number of Topliss-reactive ketones (excluding diaryl/α,β-unsaturated/α-hetero) is 2. The lowest BCUT2D eigenvalue weighted by atomic mass is 10.0. The summed E-state index contributed by atoms with van der Waals surface area (Å²) in [6.07, 6.45) is -1.74. The molecule has 0 fully saturated rings. The van der Waals surface area contributed by atoms with Crippen molar-refractivity contribution in [1.29, 1.82) is 21.0 Å². The number of fused-ring (bicyclic) bond motifs is 8. The number of aliphatic imine (C=N–C) groups is 2. The molecule has 0 amide bonds. The molecule has 0 spiro atoms. The molecule has 20 heteroatoms. The summed E-state index contributed by atoms with van der Waals surface area (Å²) >= 11 is 1.94. The topological polar surface area (TPSA) is 216 Å². The molecule has 0 radical (unpaired) electrons. The molecule has 0 unspecified atom stereocenters. The highest BCUT2D eigenvalue weighted by Gasteiger charge is 2.38. The van der Waals surface area contributed by atoms with Crippen LogP contribution in [-0.2, 0) is 22.7 Å². The Kier molecular flexibility index (Phi) is 11.2. The molecule has 14 nitrogen and oxygen atoms in total. The molecular formula is C54H22F4N8O6S2.